The average molecular weight is 859 g/mol. The summed E-state index contributed by atoms with van der Waals surface area (Å²) < 4.78 is 28.3. The Morgan fingerprint density at radius 3 is 2.32 bits per heavy atom. The fraction of sp³-hybridized carbons (Fsp3) is 0.408. The number of halogens is 1. The van der Waals surface area contributed by atoms with Crippen molar-refractivity contribution in [3.8, 4) is 24.0 Å². The molecule has 4 heterocycles. The minimum atomic E-state index is -0.537. The van der Waals surface area contributed by atoms with Gasteiger partial charge >= 0.3 is 6.09 Å². The van der Waals surface area contributed by atoms with Crippen LogP contribution in [0.3, 0.4) is 0 Å². The maximum atomic E-state index is 15.3. The molecule has 13 nitrogen and oxygen atoms in total. The lowest BCUT2D eigenvalue weighted by Crippen LogP contribution is -2.30. The van der Waals surface area contributed by atoms with E-state index in [1.807, 2.05) is 69.9 Å². The van der Waals surface area contributed by atoms with E-state index >= 15 is 4.39 Å². The van der Waals surface area contributed by atoms with Gasteiger partial charge in [0, 0.05) is 86.5 Å². The Labute approximate surface area is 369 Å². The van der Waals surface area contributed by atoms with Crippen molar-refractivity contribution in [3.05, 3.63) is 112 Å². The molecule has 332 valence electrons. The molecule has 2 aromatic heterocycles. The topological polar surface area (TPSA) is 143 Å². The normalized spacial score (nSPS) is 15.1. The number of terminal acetylenes is 1. The van der Waals surface area contributed by atoms with Crippen LogP contribution in [-0.4, -0.2) is 93.5 Å². The number of carbonyl (C=O) groups excluding carboxylic acids is 3. The minimum absolute atomic E-state index is 0.0985. The zero-order valence-corrected chi connectivity index (χ0v) is 37.2. The third-order valence-corrected chi connectivity index (χ3v) is 11.0. The molecule has 0 spiro atoms. The van der Waals surface area contributed by atoms with Gasteiger partial charge in [0.1, 0.15) is 11.4 Å². The Kier molecular flexibility index (Phi) is 15.2. The lowest BCUT2D eigenvalue weighted by atomic mass is 10.00. The molecule has 7 rings (SSSR count). The number of amides is 3. The molecular weight excluding hydrogens is 800 g/mol. The molecule has 5 aromatic rings. The molecule has 14 heteroatoms. The van der Waals surface area contributed by atoms with Crippen molar-refractivity contribution in [2.45, 2.75) is 97.7 Å². The second kappa shape index (κ2) is 20.7. The van der Waals surface area contributed by atoms with Gasteiger partial charge in [0.15, 0.2) is 5.65 Å². The van der Waals surface area contributed by atoms with E-state index in [0.717, 1.165) is 57.5 Å². The molecule has 0 bridgehead atoms. The number of hydrogen-bond acceptors (Lipinski definition) is 9. The molecule has 2 fully saturated rings. The van der Waals surface area contributed by atoms with Crippen LogP contribution in [0.1, 0.15) is 90.6 Å². The van der Waals surface area contributed by atoms with Gasteiger partial charge in [-0.3, -0.25) is 14.5 Å². The van der Waals surface area contributed by atoms with Gasteiger partial charge in [-0.25, -0.2) is 18.9 Å². The van der Waals surface area contributed by atoms with E-state index in [4.69, 9.17) is 14.5 Å². The lowest BCUT2D eigenvalue weighted by molar-refractivity contribution is 0.0401. The van der Waals surface area contributed by atoms with Crippen molar-refractivity contribution < 1.29 is 28.2 Å². The zero-order valence-electron chi connectivity index (χ0n) is 37.2. The van der Waals surface area contributed by atoms with Crippen LogP contribution in [0.5, 0.6) is 0 Å². The standard InChI is InChI=1S/C47H57FN8O5.C2H2/c1-7-41-38(42(52-35-17-19-60-20-18-35)39-26-51-56(8-2)43(39)53-41)25-50-45(58)34-14-10-13-33(23-34)44(57)49-24-30-15-16-40(48)37(22-30)32-12-9-11-31(21-32)27-54(6)28-36-29-55(36)46(59)61-47(3,4)5;1-2/h9-16,21-23,26,35-36H,7-8,17-20,24-25,27-29H2,1-6H3,(H,49,57)(H,50,58)(H,52,53);1-2H. The van der Waals surface area contributed by atoms with Gasteiger partial charge in [-0.05, 0) is 107 Å². The number of pyridine rings is 1. The van der Waals surface area contributed by atoms with E-state index in [2.05, 4.69) is 45.7 Å². The van der Waals surface area contributed by atoms with Gasteiger partial charge in [0.2, 0.25) is 0 Å². The van der Waals surface area contributed by atoms with E-state index in [9.17, 15) is 14.4 Å². The Bertz CT molecular complexity index is 2440. The van der Waals surface area contributed by atoms with E-state index in [1.54, 1.807) is 41.3 Å². The Morgan fingerprint density at radius 2 is 1.63 bits per heavy atom. The van der Waals surface area contributed by atoms with Gasteiger partial charge in [-0.1, -0.05) is 37.3 Å². The van der Waals surface area contributed by atoms with Crippen molar-refractivity contribution in [2.75, 3.05) is 38.7 Å². The largest absolute Gasteiger partial charge is 0.444 e. The van der Waals surface area contributed by atoms with E-state index < -0.39 is 5.60 Å². The molecule has 2 aliphatic heterocycles. The Hall–Kier alpha value is -6.30. The molecule has 2 saturated heterocycles. The number of aromatic nitrogens is 3. The summed E-state index contributed by atoms with van der Waals surface area (Å²) in [6, 6.07) is 19.5. The van der Waals surface area contributed by atoms with Crippen LogP contribution in [0, 0.1) is 18.7 Å². The number of carbonyl (C=O) groups is 3. The maximum Gasteiger partial charge on any atom is 0.410 e. The van der Waals surface area contributed by atoms with Crippen molar-refractivity contribution in [2.24, 2.45) is 0 Å². The molecule has 63 heavy (non-hydrogen) atoms. The summed E-state index contributed by atoms with van der Waals surface area (Å²) in [6.45, 7) is 14.1. The number of rotatable bonds is 15. The van der Waals surface area contributed by atoms with Crippen LogP contribution >= 0.6 is 0 Å². The first-order chi connectivity index (χ1) is 30.3. The van der Waals surface area contributed by atoms with Crippen LogP contribution in [-0.2, 0) is 42.1 Å². The van der Waals surface area contributed by atoms with Gasteiger partial charge in [-0.15, -0.1) is 12.8 Å². The number of anilines is 1. The second-order valence-corrected chi connectivity index (χ2v) is 16.9. The van der Waals surface area contributed by atoms with Crippen LogP contribution in [0.15, 0.2) is 72.9 Å². The maximum absolute atomic E-state index is 15.3. The minimum Gasteiger partial charge on any atom is -0.444 e. The molecule has 2 aliphatic rings. The molecule has 1 atom stereocenters. The van der Waals surface area contributed by atoms with Crippen LogP contribution < -0.4 is 16.0 Å². The van der Waals surface area contributed by atoms with Gasteiger partial charge in [0.25, 0.3) is 11.8 Å². The van der Waals surface area contributed by atoms with Crippen LogP contribution in [0.2, 0.25) is 0 Å². The first-order valence-electron chi connectivity index (χ1n) is 21.6. The highest BCUT2D eigenvalue weighted by molar-refractivity contribution is 6.00. The molecule has 1 unspecified atom stereocenters. The fourth-order valence-corrected chi connectivity index (χ4v) is 7.81. The predicted molar refractivity (Wildman–Crippen MR) is 244 cm³/mol. The first-order valence-corrected chi connectivity index (χ1v) is 21.6. The molecule has 3 amide bonds. The molecular formula is C49H59FN8O5. The number of nitrogens with one attached hydrogen (secondary N) is 3. The third kappa shape index (κ3) is 11.8. The summed E-state index contributed by atoms with van der Waals surface area (Å²) in [5, 5.41) is 15.3. The number of fused-ring (bicyclic) bond motifs is 1. The SMILES string of the molecule is C#C.CCc1nc2c(cnn2CC)c(NC2CCOCC2)c1CNC(=O)c1cccc(C(=O)NCc2ccc(F)c(-c3cccc(CN(C)CC4CN4C(=O)OC(C)(C)C)c3)c2)c1. The number of hydrogen-bond donors (Lipinski definition) is 3. The molecule has 3 aromatic carbocycles. The van der Waals surface area contributed by atoms with Gasteiger partial charge in [0.05, 0.1) is 23.3 Å². The molecule has 0 radical (unpaired) electrons. The number of benzene rings is 3. The summed E-state index contributed by atoms with van der Waals surface area (Å²) >= 11 is 0. The summed E-state index contributed by atoms with van der Waals surface area (Å²) in [5.74, 6) is -1.04. The van der Waals surface area contributed by atoms with Crippen molar-refractivity contribution in [1.29, 1.82) is 0 Å². The van der Waals surface area contributed by atoms with E-state index in [1.165, 1.54) is 6.07 Å². The summed E-state index contributed by atoms with van der Waals surface area (Å²) in [4.78, 5) is 48.3. The van der Waals surface area contributed by atoms with Crippen molar-refractivity contribution in [1.82, 2.24) is 35.2 Å². The predicted octanol–water partition coefficient (Wildman–Crippen LogP) is 7.57. The Balaban J connectivity index is 0.00000326. The lowest BCUT2D eigenvalue weighted by Gasteiger charge is -2.26. The quantitative estimate of drug-likeness (QED) is 0.0718. The van der Waals surface area contributed by atoms with Crippen LogP contribution in [0.25, 0.3) is 22.2 Å². The number of ether oxygens (including phenoxy) is 2. The molecule has 3 N–H and O–H groups in total. The van der Waals surface area contributed by atoms with E-state index in [-0.39, 0.29) is 48.9 Å². The average Bonchev–Trinajstić information content (AvgIpc) is 3.93. The highest BCUT2D eigenvalue weighted by Crippen LogP contribution is 2.32. The fourth-order valence-electron chi connectivity index (χ4n) is 7.81. The van der Waals surface area contributed by atoms with Crippen molar-refractivity contribution in [3.63, 3.8) is 0 Å². The second-order valence-electron chi connectivity index (χ2n) is 16.9. The summed E-state index contributed by atoms with van der Waals surface area (Å²) in [7, 11) is 2.00. The first kappa shape index (κ1) is 46.2. The summed E-state index contributed by atoms with van der Waals surface area (Å²) in [5.41, 5.74) is 6.58. The molecule has 0 aliphatic carbocycles. The Morgan fingerprint density at radius 1 is 0.937 bits per heavy atom. The number of nitrogens with zero attached hydrogens (tertiary/aromatic N) is 5. The third-order valence-electron chi connectivity index (χ3n) is 11.0. The highest BCUT2D eigenvalue weighted by atomic mass is 19.1. The zero-order chi connectivity index (χ0) is 45.3. The van der Waals surface area contributed by atoms with E-state index in [0.29, 0.717) is 62.5 Å². The number of likely N-dealkylation sites (N-methyl/N-ethyl adjacent to an activating group) is 1. The highest BCUT2D eigenvalue weighted by Gasteiger charge is 2.41. The van der Waals surface area contributed by atoms with Crippen molar-refractivity contribution >= 4 is 34.6 Å². The monoisotopic (exact) mass is 858 g/mol. The summed E-state index contributed by atoms with van der Waals surface area (Å²) in [6.07, 6.45) is 12.0. The van der Waals surface area contributed by atoms with Gasteiger partial charge in [-0.2, -0.15) is 5.10 Å². The number of aryl methyl sites for hydroxylation is 2. The van der Waals surface area contributed by atoms with Crippen LogP contribution in [0.4, 0.5) is 14.9 Å². The molecule has 0 saturated carbocycles. The van der Waals surface area contributed by atoms with Gasteiger partial charge < -0.3 is 30.3 Å². The smallest absolute Gasteiger partial charge is 0.410 e.